The highest BCUT2D eigenvalue weighted by molar-refractivity contribution is 14.1. The van der Waals surface area contributed by atoms with Crippen LogP contribution in [0.15, 0.2) is 118 Å². The van der Waals surface area contributed by atoms with Gasteiger partial charge in [-0.05, 0) is 104 Å². The van der Waals surface area contributed by atoms with Crippen LogP contribution in [0.5, 0.6) is 17.2 Å². The maximum absolute atomic E-state index is 14.3. The molecule has 0 amide bonds. The molecule has 8 heteroatoms. The topological polar surface area (TPSA) is 62.0 Å². The van der Waals surface area contributed by atoms with Crippen molar-refractivity contribution in [3.63, 3.8) is 0 Å². The van der Waals surface area contributed by atoms with Gasteiger partial charge in [-0.25, -0.2) is 4.99 Å². The van der Waals surface area contributed by atoms with Crippen molar-refractivity contribution in [1.29, 1.82) is 0 Å². The molecule has 6 nitrogen and oxygen atoms in total. The van der Waals surface area contributed by atoms with Gasteiger partial charge in [0.25, 0.3) is 5.56 Å². The Morgan fingerprint density at radius 2 is 1.73 bits per heavy atom. The fraction of sp³-hybridized carbons (Fsp3) is 0.150. The second kappa shape index (κ2) is 12.7. The Hall–Kier alpha value is -4.67. The number of hydrogen-bond donors (Lipinski definition) is 0. The van der Waals surface area contributed by atoms with Crippen molar-refractivity contribution in [3.05, 3.63) is 160 Å². The summed E-state index contributed by atoms with van der Waals surface area (Å²) in [4.78, 5) is 20.2. The maximum Gasteiger partial charge on any atom is 0.271 e. The van der Waals surface area contributed by atoms with E-state index in [-0.39, 0.29) is 11.6 Å². The molecule has 1 atom stereocenters. The summed E-state index contributed by atoms with van der Waals surface area (Å²) in [7, 11) is 3.31. The summed E-state index contributed by atoms with van der Waals surface area (Å²) in [5.74, 6) is 2.05. The summed E-state index contributed by atoms with van der Waals surface area (Å²) >= 11 is 3.70. The largest absolute Gasteiger partial charge is 0.497 e. The van der Waals surface area contributed by atoms with Gasteiger partial charge in [-0.3, -0.25) is 9.36 Å². The first-order chi connectivity index (χ1) is 23.5. The normalized spacial score (nSPS) is 15.4. The van der Waals surface area contributed by atoms with E-state index in [0.717, 1.165) is 55.7 Å². The number of thiazole rings is 1. The van der Waals surface area contributed by atoms with Crippen molar-refractivity contribution in [1.82, 2.24) is 4.57 Å². The van der Waals surface area contributed by atoms with Crippen LogP contribution < -0.4 is 29.1 Å². The number of hydrogen-bond acceptors (Lipinski definition) is 6. The van der Waals surface area contributed by atoms with E-state index in [1.165, 1.54) is 27.7 Å². The first-order valence-corrected chi connectivity index (χ1v) is 17.7. The highest BCUT2D eigenvalue weighted by atomic mass is 127. The maximum atomic E-state index is 14.3. The molecule has 1 aliphatic heterocycles. The Morgan fingerprint density at radius 3 is 2.60 bits per heavy atom. The van der Waals surface area contributed by atoms with Crippen LogP contribution in [0.25, 0.3) is 22.5 Å². The Morgan fingerprint density at radius 1 is 0.917 bits per heavy atom. The van der Waals surface area contributed by atoms with Gasteiger partial charge in [-0.15, -0.1) is 0 Å². The molecule has 5 aromatic carbocycles. The minimum atomic E-state index is -0.277. The van der Waals surface area contributed by atoms with E-state index in [9.17, 15) is 4.79 Å². The predicted molar refractivity (Wildman–Crippen MR) is 200 cm³/mol. The number of methoxy groups -OCH3 is 2. The van der Waals surface area contributed by atoms with Crippen LogP contribution in [-0.2, 0) is 13.0 Å². The zero-order valence-electron chi connectivity index (χ0n) is 26.4. The molecule has 0 N–H and O–H groups in total. The Balaban J connectivity index is 1.21. The lowest BCUT2D eigenvalue weighted by atomic mass is 9.83. The third kappa shape index (κ3) is 5.42. The summed E-state index contributed by atoms with van der Waals surface area (Å²) < 4.78 is 21.2. The van der Waals surface area contributed by atoms with Crippen LogP contribution in [0.4, 0.5) is 0 Å². The molecule has 48 heavy (non-hydrogen) atoms. The van der Waals surface area contributed by atoms with E-state index in [4.69, 9.17) is 19.2 Å². The molecular weight excluding hydrogens is 731 g/mol. The van der Waals surface area contributed by atoms with Gasteiger partial charge < -0.3 is 14.2 Å². The van der Waals surface area contributed by atoms with E-state index in [2.05, 4.69) is 83.3 Å². The molecule has 0 unspecified atom stereocenters. The van der Waals surface area contributed by atoms with Crippen molar-refractivity contribution < 1.29 is 14.2 Å². The molecule has 1 aromatic heterocycles. The van der Waals surface area contributed by atoms with Crippen LogP contribution in [0.3, 0.4) is 0 Å². The standard InChI is InChI=1S/C40H31IN2O4S/c1-45-29-14-8-12-27(22-29)37-32-18-17-26-10-4-6-16-31(26)36(32)42-40-43(37)39(44)35(48-40)21-24-19-33(41)38(34(20-24)46-2)47-23-28-13-7-11-25-9-3-5-15-30(25)28/h3-16,19-22,37H,17-18,23H2,1-2H3/b35-21-/t37-/m0/s1. The number of benzene rings is 5. The third-order valence-corrected chi connectivity index (χ3v) is 10.9. The van der Waals surface area contributed by atoms with Gasteiger partial charge in [-0.1, -0.05) is 90.2 Å². The molecule has 0 saturated carbocycles. The number of rotatable bonds is 7. The van der Waals surface area contributed by atoms with Gasteiger partial charge in [0.15, 0.2) is 16.3 Å². The van der Waals surface area contributed by atoms with Crippen molar-refractivity contribution in [2.75, 3.05) is 14.2 Å². The van der Waals surface area contributed by atoms with E-state index < -0.39 is 0 Å². The van der Waals surface area contributed by atoms with Crippen LogP contribution in [0.2, 0.25) is 0 Å². The smallest absolute Gasteiger partial charge is 0.271 e. The van der Waals surface area contributed by atoms with Gasteiger partial charge in [0.05, 0.1) is 34.1 Å². The first-order valence-electron chi connectivity index (χ1n) is 15.8. The van der Waals surface area contributed by atoms with E-state index in [1.54, 1.807) is 14.2 Å². The van der Waals surface area contributed by atoms with E-state index >= 15 is 0 Å². The molecule has 0 saturated heterocycles. The monoisotopic (exact) mass is 762 g/mol. The van der Waals surface area contributed by atoms with Crippen molar-refractivity contribution in [2.24, 2.45) is 4.99 Å². The lowest BCUT2D eigenvalue weighted by Gasteiger charge is -2.31. The summed E-state index contributed by atoms with van der Waals surface area (Å²) in [5, 5.41) is 2.34. The Bertz CT molecular complexity index is 2440. The van der Waals surface area contributed by atoms with Crippen molar-refractivity contribution in [3.8, 4) is 17.2 Å². The Labute approximate surface area is 295 Å². The SMILES string of the molecule is COc1cccc([C@H]2C3=C(N=c4s/c(=C\c5cc(I)c(OCc6cccc7ccccc67)c(OC)c5)c(=O)n42)c2ccccc2CC3)c1. The molecule has 2 heterocycles. The molecule has 6 aromatic rings. The number of halogens is 1. The lowest BCUT2D eigenvalue weighted by molar-refractivity contribution is 0.283. The van der Waals surface area contributed by atoms with Crippen LogP contribution in [-0.4, -0.2) is 18.8 Å². The molecular formula is C40H31IN2O4S. The fourth-order valence-corrected chi connectivity index (χ4v) is 8.60. The predicted octanol–water partition coefficient (Wildman–Crippen LogP) is 7.67. The van der Waals surface area contributed by atoms with Gasteiger partial charge in [0, 0.05) is 5.56 Å². The third-order valence-electron chi connectivity index (χ3n) is 9.08. The minimum absolute atomic E-state index is 0.0674. The summed E-state index contributed by atoms with van der Waals surface area (Å²) in [6.07, 6.45) is 3.67. The zero-order chi connectivity index (χ0) is 32.8. The molecule has 2 aliphatic rings. The number of aryl methyl sites for hydroxylation is 1. The van der Waals surface area contributed by atoms with E-state index in [1.807, 2.05) is 53.1 Å². The number of aromatic nitrogens is 1. The average Bonchev–Trinajstić information content (AvgIpc) is 3.43. The van der Waals surface area contributed by atoms with Gasteiger partial charge in [-0.2, -0.15) is 0 Å². The molecule has 0 spiro atoms. The van der Waals surface area contributed by atoms with Crippen LogP contribution in [0, 0.1) is 3.57 Å². The first kappa shape index (κ1) is 30.7. The minimum Gasteiger partial charge on any atom is -0.497 e. The Kier molecular flexibility index (Phi) is 8.14. The van der Waals surface area contributed by atoms with Gasteiger partial charge in [0.2, 0.25) is 0 Å². The molecule has 0 fully saturated rings. The molecule has 0 bridgehead atoms. The number of nitrogens with zero attached hydrogens (tertiary/aromatic N) is 2. The fourth-order valence-electron chi connectivity index (χ4n) is 6.82. The van der Waals surface area contributed by atoms with Crippen LogP contribution >= 0.6 is 33.9 Å². The van der Waals surface area contributed by atoms with Gasteiger partial charge in [0.1, 0.15) is 12.4 Å². The number of fused-ring (bicyclic) bond motifs is 4. The molecule has 8 rings (SSSR count). The van der Waals surface area contributed by atoms with Crippen molar-refractivity contribution >= 4 is 56.5 Å². The highest BCUT2D eigenvalue weighted by Crippen LogP contribution is 2.42. The van der Waals surface area contributed by atoms with Crippen molar-refractivity contribution in [2.45, 2.75) is 25.5 Å². The number of ether oxygens (including phenoxy) is 3. The van der Waals surface area contributed by atoms with Crippen LogP contribution in [0.1, 0.15) is 40.3 Å². The summed E-state index contributed by atoms with van der Waals surface area (Å²) in [6, 6.07) is 34.7. The lowest BCUT2D eigenvalue weighted by Crippen LogP contribution is -2.38. The second-order valence-corrected chi connectivity index (χ2v) is 14.0. The molecule has 1 aliphatic carbocycles. The van der Waals surface area contributed by atoms with Gasteiger partial charge >= 0.3 is 0 Å². The summed E-state index contributed by atoms with van der Waals surface area (Å²) in [6.45, 7) is 0.406. The summed E-state index contributed by atoms with van der Waals surface area (Å²) in [5.41, 5.74) is 7.45. The second-order valence-electron chi connectivity index (χ2n) is 11.9. The molecule has 238 valence electrons. The molecule has 0 radical (unpaired) electrons. The quantitative estimate of drug-likeness (QED) is 0.157. The number of allylic oxidation sites excluding steroid dienone is 1. The van der Waals surface area contributed by atoms with E-state index in [0.29, 0.717) is 27.4 Å². The zero-order valence-corrected chi connectivity index (χ0v) is 29.4. The average molecular weight is 763 g/mol. The highest BCUT2D eigenvalue weighted by Gasteiger charge is 2.32.